The Hall–Kier alpha value is -1.91. The predicted molar refractivity (Wildman–Crippen MR) is 72.0 cm³/mol. The first kappa shape index (κ1) is 13.5. The van der Waals surface area contributed by atoms with E-state index in [2.05, 4.69) is 0 Å². The second kappa shape index (κ2) is 6.31. The molecule has 0 fully saturated rings. The van der Waals surface area contributed by atoms with E-state index in [1.54, 1.807) is 6.92 Å². The van der Waals surface area contributed by atoms with Crippen LogP contribution < -0.4 is 14.4 Å². The van der Waals surface area contributed by atoms with E-state index in [1.165, 1.54) is 0 Å². The van der Waals surface area contributed by atoms with Crippen molar-refractivity contribution in [1.29, 1.82) is 0 Å². The largest absolute Gasteiger partial charge is 0.490 e. The molecule has 0 unspecified atom stereocenters. The highest BCUT2D eigenvalue weighted by molar-refractivity contribution is 5.76. The zero-order chi connectivity index (χ0) is 13.7. The standard InChI is InChI=1S/C14H19NO4/c1-3-17-14(16)10-15(2)11-5-6-12-13(9-11)19-8-4-7-18-12/h5-6,9H,3-4,7-8,10H2,1-2H3. The van der Waals surface area contributed by atoms with Crippen molar-refractivity contribution in [2.45, 2.75) is 13.3 Å². The Morgan fingerprint density at radius 3 is 2.79 bits per heavy atom. The van der Waals surface area contributed by atoms with Gasteiger partial charge < -0.3 is 19.1 Å². The van der Waals surface area contributed by atoms with Gasteiger partial charge in [-0.1, -0.05) is 0 Å². The number of anilines is 1. The van der Waals surface area contributed by atoms with E-state index in [4.69, 9.17) is 14.2 Å². The van der Waals surface area contributed by atoms with E-state index >= 15 is 0 Å². The third-order valence-corrected chi connectivity index (χ3v) is 2.84. The van der Waals surface area contributed by atoms with E-state index in [0.717, 1.165) is 23.6 Å². The molecule has 0 amide bonds. The smallest absolute Gasteiger partial charge is 0.325 e. The zero-order valence-electron chi connectivity index (χ0n) is 11.3. The van der Waals surface area contributed by atoms with Crippen molar-refractivity contribution in [2.75, 3.05) is 38.3 Å². The summed E-state index contributed by atoms with van der Waals surface area (Å²) >= 11 is 0. The number of hydrogen-bond acceptors (Lipinski definition) is 5. The Labute approximate surface area is 113 Å². The van der Waals surface area contributed by atoms with Crippen LogP contribution in [0.2, 0.25) is 0 Å². The van der Waals surface area contributed by atoms with E-state index in [0.29, 0.717) is 19.8 Å². The van der Waals surface area contributed by atoms with Gasteiger partial charge in [-0.3, -0.25) is 4.79 Å². The van der Waals surface area contributed by atoms with Crippen LogP contribution in [0.3, 0.4) is 0 Å². The number of fused-ring (bicyclic) bond motifs is 1. The molecule has 0 spiro atoms. The van der Waals surface area contributed by atoms with Gasteiger partial charge in [0.1, 0.15) is 6.54 Å². The molecular weight excluding hydrogens is 246 g/mol. The molecule has 5 heteroatoms. The second-order valence-electron chi connectivity index (χ2n) is 4.34. The highest BCUT2D eigenvalue weighted by Crippen LogP contribution is 2.33. The van der Waals surface area contributed by atoms with Gasteiger partial charge in [-0.25, -0.2) is 0 Å². The Bertz CT molecular complexity index is 447. The summed E-state index contributed by atoms with van der Waals surface area (Å²) in [5, 5.41) is 0. The maximum atomic E-state index is 11.5. The Kier molecular flexibility index (Phi) is 4.49. The number of esters is 1. The lowest BCUT2D eigenvalue weighted by molar-refractivity contribution is -0.141. The molecule has 1 aliphatic heterocycles. The third-order valence-electron chi connectivity index (χ3n) is 2.84. The topological polar surface area (TPSA) is 48.0 Å². The van der Waals surface area contributed by atoms with Crippen molar-refractivity contribution in [1.82, 2.24) is 0 Å². The van der Waals surface area contributed by atoms with Gasteiger partial charge in [0.2, 0.25) is 0 Å². The quantitative estimate of drug-likeness (QED) is 0.777. The van der Waals surface area contributed by atoms with Gasteiger partial charge in [0, 0.05) is 25.2 Å². The average molecular weight is 265 g/mol. The number of nitrogens with zero attached hydrogens (tertiary/aromatic N) is 1. The fourth-order valence-corrected chi connectivity index (χ4v) is 1.88. The minimum absolute atomic E-state index is 0.216. The van der Waals surface area contributed by atoms with Crippen LogP contribution in [-0.4, -0.2) is 39.4 Å². The summed E-state index contributed by atoms with van der Waals surface area (Å²) in [4.78, 5) is 13.3. The van der Waals surface area contributed by atoms with E-state index in [9.17, 15) is 4.79 Å². The number of rotatable bonds is 4. The van der Waals surface area contributed by atoms with Gasteiger partial charge in [-0.2, -0.15) is 0 Å². The van der Waals surface area contributed by atoms with Crippen LogP contribution in [0, 0.1) is 0 Å². The highest BCUT2D eigenvalue weighted by Gasteiger charge is 2.14. The monoisotopic (exact) mass is 265 g/mol. The molecule has 0 atom stereocenters. The maximum Gasteiger partial charge on any atom is 0.325 e. The van der Waals surface area contributed by atoms with Gasteiger partial charge in [-0.05, 0) is 19.1 Å². The molecule has 104 valence electrons. The zero-order valence-corrected chi connectivity index (χ0v) is 11.3. The number of hydrogen-bond donors (Lipinski definition) is 0. The first-order valence-electron chi connectivity index (χ1n) is 6.47. The van der Waals surface area contributed by atoms with Gasteiger partial charge >= 0.3 is 5.97 Å². The van der Waals surface area contributed by atoms with E-state index < -0.39 is 0 Å². The second-order valence-corrected chi connectivity index (χ2v) is 4.34. The minimum Gasteiger partial charge on any atom is -0.490 e. The van der Waals surface area contributed by atoms with Gasteiger partial charge in [0.05, 0.1) is 19.8 Å². The van der Waals surface area contributed by atoms with Crippen molar-refractivity contribution in [3.8, 4) is 11.5 Å². The number of carbonyl (C=O) groups is 1. The van der Waals surface area contributed by atoms with Crippen molar-refractivity contribution in [3.05, 3.63) is 18.2 Å². The van der Waals surface area contributed by atoms with Crippen LogP contribution in [-0.2, 0) is 9.53 Å². The average Bonchev–Trinajstić information content (AvgIpc) is 2.63. The molecule has 1 aromatic carbocycles. The predicted octanol–water partition coefficient (Wildman–Crippen LogP) is 1.85. The van der Waals surface area contributed by atoms with Crippen LogP contribution in [0.25, 0.3) is 0 Å². The van der Waals surface area contributed by atoms with Gasteiger partial charge in [-0.15, -0.1) is 0 Å². The lowest BCUT2D eigenvalue weighted by Gasteiger charge is -2.19. The summed E-state index contributed by atoms with van der Waals surface area (Å²) in [7, 11) is 1.84. The molecule has 1 aliphatic rings. The molecular formula is C14H19NO4. The molecule has 0 radical (unpaired) electrons. The molecule has 0 N–H and O–H groups in total. The van der Waals surface area contributed by atoms with Crippen LogP contribution in [0.4, 0.5) is 5.69 Å². The van der Waals surface area contributed by atoms with Crippen molar-refractivity contribution in [2.24, 2.45) is 0 Å². The first-order chi connectivity index (χ1) is 9.20. The minimum atomic E-state index is -0.239. The third kappa shape index (κ3) is 3.53. The first-order valence-corrected chi connectivity index (χ1v) is 6.47. The molecule has 0 bridgehead atoms. The van der Waals surface area contributed by atoms with Crippen LogP contribution in [0.15, 0.2) is 18.2 Å². The number of carbonyl (C=O) groups excluding carboxylic acids is 1. The maximum absolute atomic E-state index is 11.5. The molecule has 0 saturated carbocycles. The van der Waals surface area contributed by atoms with Crippen LogP contribution in [0.1, 0.15) is 13.3 Å². The highest BCUT2D eigenvalue weighted by atomic mass is 16.5. The summed E-state index contributed by atoms with van der Waals surface area (Å²) in [5.41, 5.74) is 0.900. The molecule has 1 heterocycles. The molecule has 0 saturated heterocycles. The summed E-state index contributed by atoms with van der Waals surface area (Å²) in [6.45, 7) is 3.73. The van der Waals surface area contributed by atoms with Crippen molar-refractivity contribution in [3.63, 3.8) is 0 Å². The van der Waals surface area contributed by atoms with Gasteiger partial charge in [0.15, 0.2) is 11.5 Å². The Morgan fingerprint density at radius 1 is 1.32 bits per heavy atom. The number of benzene rings is 1. The van der Waals surface area contributed by atoms with E-state index in [1.807, 2.05) is 30.1 Å². The van der Waals surface area contributed by atoms with Crippen molar-refractivity contribution >= 4 is 11.7 Å². The summed E-state index contributed by atoms with van der Waals surface area (Å²) < 4.78 is 16.1. The summed E-state index contributed by atoms with van der Waals surface area (Å²) in [6, 6.07) is 5.67. The van der Waals surface area contributed by atoms with Gasteiger partial charge in [0.25, 0.3) is 0 Å². The van der Waals surface area contributed by atoms with Crippen LogP contribution >= 0.6 is 0 Å². The molecule has 19 heavy (non-hydrogen) atoms. The Balaban J connectivity index is 2.08. The van der Waals surface area contributed by atoms with Crippen molar-refractivity contribution < 1.29 is 19.0 Å². The lowest BCUT2D eigenvalue weighted by Crippen LogP contribution is -2.27. The summed E-state index contributed by atoms with van der Waals surface area (Å²) in [6.07, 6.45) is 0.878. The fourth-order valence-electron chi connectivity index (χ4n) is 1.88. The molecule has 2 rings (SSSR count). The summed E-state index contributed by atoms with van der Waals surface area (Å²) in [5.74, 6) is 1.24. The molecule has 0 aliphatic carbocycles. The molecule has 0 aromatic heterocycles. The fraction of sp³-hybridized carbons (Fsp3) is 0.500. The number of ether oxygens (including phenoxy) is 3. The SMILES string of the molecule is CCOC(=O)CN(C)c1ccc2c(c1)OCCCO2. The normalized spacial score (nSPS) is 13.6. The lowest BCUT2D eigenvalue weighted by atomic mass is 10.2. The van der Waals surface area contributed by atoms with E-state index in [-0.39, 0.29) is 12.5 Å². The Morgan fingerprint density at radius 2 is 2.05 bits per heavy atom. The van der Waals surface area contributed by atoms with Crippen LogP contribution in [0.5, 0.6) is 11.5 Å². The molecule has 1 aromatic rings. The number of likely N-dealkylation sites (N-methyl/N-ethyl adjacent to an activating group) is 1. The molecule has 5 nitrogen and oxygen atoms in total.